The molecule has 0 amide bonds. The lowest BCUT2D eigenvalue weighted by Gasteiger charge is -2.01. The molecule has 0 aliphatic rings. The van der Waals surface area contributed by atoms with Gasteiger partial charge in [-0.15, -0.1) is 0 Å². The predicted octanol–water partition coefficient (Wildman–Crippen LogP) is 4.63. The van der Waals surface area contributed by atoms with E-state index in [0.29, 0.717) is 0 Å². The first-order valence-electron chi connectivity index (χ1n) is 9.50. The van der Waals surface area contributed by atoms with Crippen LogP contribution in [0.5, 0.6) is 0 Å². The number of nitrogens with zero attached hydrogens (tertiary/aromatic N) is 5. The number of fused-ring (bicyclic) bond motifs is 2. The van der Waals surface area contributed by atoms with Gasteiger partial charge < -0.3 is 4.98 Å². The number of hydrogen-bond acceptors (Lipinski definition) is 5. The van der Waals surface area contributed by atoms with Crippen molar-refractivity contribution in [1.82, 2.24) is 35.1 Å². The summed E-state index contributed by atoms with van der Waals surface area (Å²) in [6.07, 6.45) is 10.9. The van der Waals surface area contributed by atoms with Crippen LogP contribution in [0.1, 0.15) is 0 Å². The lowest BCUT2D eigenvalue weighted by molar-refractivity contribution is 1.11. The Labute approximate surface area is 170 Å². The van der Waals surface area contributed by atoms with Crippen LogP contribution in [0.25, 0.3) is 55.7 Å². The highest BCUT2D eigenvalue weighted by Crippen LogP contribution is 2.33. The van der Waals surface area contributed by atoms with Crippen LogP contribution < -0.4 is 0 Å². The van der Waals surface area contributed by atoms with Gasteiger partial charge >= 0.3 is 0 Å². The molecule has 0 aromatic carbocycles. The Kier molecular flexibility index (Phi) is 3.64. The van der Waals surface area contributed by atoms with Crippen molar-refractivity contribution in [2.24, 2.45) is 0 Å². The maximum absolute atomic E-state index is 4.55. The number of nitrogens with one attached hydrogen (secondary N) is 2. The van der Waals surface area contributed by atoms with E-state index in [1.54, 1.807) is 18.6 Å². The van der Waals surface area contributed by atoms with Crippen molar-refractivity contribution in [2.45, 2.75) is 0 Å². The topological polar surface area (TPSA) is 96.0 Å². The summed E-state index contributed by atoms with van der Waals surface area (Å²) in [6, 6.07) is 13.9. The number of aromatic nitrogens is 7. The zero-order chi connectivity index (χ0) is 19.9. The van der Waals surface area contributed by atoms with Crippen LogP contribution in [0.3, 0.4) is 0 Å². The van der Waals surface area contributed by atoms with Crippen molar-refractivity contribution in [2.75, 3.05) is 0 Å². The van der Waals surface area contributed by atoms with Crippen LogP contribution in [0, 0.1) is 0 Å². The van der Waals surface area contributed by atoms with Crippen molar-refractivity contribution in [1.29, 1.82) is 0 Å². The fraction of sp³-hybridized carbons (Fsp3) is 0. The van der Waals surface area contributed by atoms with Crippen LogP contribution >= 0.6 is 0 Å². The number of rotatable bonds is 3. The summed E-state index contributed by atoms with van der Waals surface area (Å²) in [4.78, 5) is 21.0. The normalized spacial score (nSPS) is 11.3. The molecule has 0 radical (unpaired) electrons. The zero-order valence-electron chi connectivity index (χ0n) is 15.7. The van der Waals surface area contributed by atoms with Gasteiger partial charge in [0.1, 0.15) is 5.69 Å². The molecule has 6 rings (SSSR count). The fourth-order valence-electron chi connectivity index (χ4n) is 3.71. The summed E-state index contributed by atoms with van der Waals surface area (Å²) in [5, 5.41) is 9.68. The SMILES string of the molecule is c1ccc(-c2cc3c(-c4cc5c(-c6cccnc6)cncc5[nH]4)n[nH]c3cn2)nc1. The summed E-state index contributed by atoms with van der Waals surface area (Å²) in [5.74, 6) is 0. The minimum absolute atomic E-state index is 0.805. The van der Waals surface area contributed by atoms with Gasteiger partial charge in [-0.3, -0.25) is 25.0 Å². The summed E-state index contributed by atoms with van der Waals surface area (Å²) in [5.41, 5.74) is 7.24. The second kappa shape index (κ2) is 6.59. The first kappa shape index (κ1) is 16.6. The van der Waals surface area contributed by atoms with Crippen LogP contribution in [0.4, 0.5) is 0 Å². The Balaban J connectivity index is 1.52. The van der Waals surface area contributed by atoms with E-state index in [1.165, 1.54) is 0 Å². The molecule has 0 aliphatic heterocycles. The molecule has 6 aromatic rings. The molecule has 2 N–H and O–H groups in total. The molecule has 0 saturated carbocycles. The third-order valence-electron chi connectivity index (χ3n) is 5.15. The molecule has 0 unspecified atom stereocenters. The van der Waals surface area contributed by atoms with E-state index in [-0.39, 0.29) is 0 Å². The van der Waals surface area contributed by atoms with Gasteiger partial charge in [0.05, 0.1) is 40.5 Å². The van der Waals surface area contributed by atoms with Gasteiger partial charge in [0.25, 0.3) is 0 Å². The van der Waals surface area contributed by atoms with Gasteiger partial charge in [0.15, 0.2) is 0 Å². The molecule has 0 bridgehead atoms. The summed E-state index contributed by atoms with van der Waals surface area (Å²) >= 11 is 0. The van der Waals surface area contributed by atoms with E-state index < -0.39 is 0 Å². The molecule has 7 nitrogen and oxygen atoms in total. The highest BCUT2D eigenvalue weighted by Gasteiger charge is 2.15. The number of hydrogen-bond donors (Lipinski definition) is 2. The van der Waals surface area contributed by atoms with E-state index in [4.69, 9.17) is 0 Å². The standard InChI is InChI=1S/C23H15N7/c1-2-7-26-18(5-1)19-9-16-22(13-27-19)29-30-23(16)20-8-15-17(11-25-12-21(15)28-20)14-4-3-6-24-10-14/h1-13,28H,(H,29,30). The Hall–Kier alpha value is -4.39. The maximum Gasteiger partial charge on any atom is 0.116 e. The Bertz CT molecular complexity index is 1480. The minimum Gasteiger partial charge on any atom is -0.352 e. The molecule has 6 heterocycles. The summed E-state index contributed by atoms with van der Waals surface area (Å²) < 4.78 is 0. The molecule has 7 heteroatoms. The number of H-pyrrole nitrogens is 2. The number of pyridine rings is 4. The van der Waals surface area contributed by atoms with Crippen molar-refractivity contribution in [3.8, 4) is 33.9 Å². The van der Waals surface area contributed by atoms with E-state index in [1.807, 2.05) is 55.0 Å². The van der Waals surface area contributed by atoms with E-state index in [9.17, 15) is 0 Å². The van der Waals surface area contributed by atoms with E-state index in [0.717, 1.165) is 55.7 Å². The average molecular weight is 389 g/mol. The van der Waals surface area contributed by atoms with Crippen molar-refractivity contribution in [3.05, 3.63) is 79.6 Å². The summed E-state index contributed by atoms with van der Waals surface area (Å²) in [7, 11) is 0. The van der Waals surface area contributed by atoms with Crippen LogP contribution in [-0.4, -0.2) is 35.1 Å². The minimum atomic E-state index is 0.805. The van der Waals surface area contributed by atoms with Gasteiger partial charge in [0, 0.05) is 46.7 Å². The molecule has 0 spiro atoms. The molecule has 0 aliphatic carbocycles. The zero-order valence-corrected chi connectivity index (χ0v) is 15.7. The van der Waals surface area contributed by atoms with Crippen LogP contribution in [0.2, 0.25) is 0 Å². The van der Waals surface area contributed by atoms with Gasteiger partial charge in [-0.1, -0.05) is 12.1 Å². The summed E-state index contributed by atoms with van der Waals surface area (Å²) in [6.45, 7) is 0. The fourth-order valence-corrected chi connectivity index (χ4v) is 3.71. The molecule has 142 valence electrons. The molecule has 6 aromatic heterocycles. The Morgan fingerprint density at radius 2 is 1.70 bits per heavy atom. The third kappa shape index (κ3) is 2.64. The highest BCUT2D eigenvalue weighted by atomic mass is 15.1. The van der Waals surface area contributed by atoms with Gasteiger partial charge in [0.2, 0.25) is 0 Å². The van der Waals surface area contributed by atoms with Crippen LogP contribution in [0.15, 0.2) is 79.6 Å². The predicted molar refractivity (Wildman–Crippen MR) is 115 cm³/mol. The van der Waals surface area contributed by atoms with Gasteiger partial charge in [-0.25, -0.2) is 0 Å². The van der Waals surface area contributed by atoms with Gasteiger partial charge in [-0.2, -0.15) is 5.10 Å². The quantitative estimate of drug-likeness (QED) is 0.460. The molecule has 0 fully saturated rings. The largest absolute Gasteiger partial charge is 0.352 e. The maximum atomic E-state index is 4.55. The molecular weight excluding hydrogens is 374 g/mol. The second-order valence-electron chi connectivity index (χ2n) is 6.98. The van der Waals surface area contributed by atoms with E-state index in [2.05, 4.69) is 41.2 Å². The average Bonchev–Trinajstić information content (AvgIpc) is 3.43. The van der Waals surface area contributed by atoms with Crippen molar-refractivity contribution >= 4 is 21.8 Å². The number of aromatic amines is 2. The second-order valence-corrected chi connectivity index (χ2v) is 6.98. The lowest BCUT2D eigenvalue weighted by atomic mass is 10.1. The molecule has 0 atom stereocenters. The smallest absolute Gasteiger partial charge is 0.116 e. The first-order chi connectivity index (χ1) is 14.9. The Morgan fingerprint density at radius 1 is 0.700 bits per heavy atom. The van der Waals surface area contributed by atoms with Crippen molar-refractivity contribution < 1.29 is 0 Å². The highest BCUT2D eigenvalue weighted by molar-refractivity contribution is 6.00. The lowest BCUT2D eigenvalue weighted by Crippen LogP contribution is -1.86. The molecule has 0 saturated heterocycles. The van der Waals surface area contributed by atoms with E-state index >= 15 is 0 Å². The Morgan fingerprint density at radius 3 is 2.57 bits per heavy atom. The first-order valence-corrected chi connectivity index (χ1v) is 9.50. The third-order valence-corrected chi connectivity index (χ3v) is 5.15. The van der Waals surface area contributed by atoms with Crippen molar-refractivity contribution in [3.63, 3.8) is 0 Å². The van der Waals surface area contributed by atoms with Gasteiger partial charge in [-0.05, 0) is 30.3 Å². The monoisotopic (exact) mass is 389 g/mol. The molecule has 30 heavy (non-hydrogen) atoms. The van der Waals surface area contributed by atoms with Crippen LogP contribution in [-0.2, 0) is 0 Å². The molecular formula is C23H15N7.